The Bertz CT molecular complexity index is 900. The van der Waals surface area contributed by atoms with Crippen molar-refractivity contribution < 1.29 is 23.8 Å². The highest BCUT2D eigenvalue weighted by atomic mass is 16.6. The molecule has 1 aliphatic rings. The van der Waals surface area contributed by atoms with E-state index in [1.165, 1.54) is 0 Å². The van der Waals surface area contributed by atoms with Crippen LogP contribution in [0, 0.1) is 13.8 Å². The number of aromatic nitrogens is 1. The first kappa shape index (κ1) is 19.9. The summed E-state index contributed by atoms with van der Waals surface area (Å²) in [6.07, 6.45) is 1.07. The number of amides is 2. The maximum absolute atomic E-state index is 13.0. The molecule has 148 valence electrons. The lowest BCUT2D eigenvalue weighted by Gasteiger charge is -2.15. The molecule has 2 amide bonds. The van der Waals surface area contributed by atoms with Crippen molar-refractivity contribution in [3.63, 3.8) is 0 Å². The summed E-state index contributed by atoms with van der Waals surface area (Å²) < 4.78 is 15.4. The van der Waals surface area contributed by atoms with E-state index < -0.39 is 12.0 Å². The van der Waals surface area contributed by atoms with E-state index in [0.717, 1.165) is 21.9 Å². The molecule has 1 aliphatic heterocycles. The van der Waals surface area contributed by atoms with Crippen LogP contribution in [0.3, 0.4) is 0 Å². The fourth-order valence-electron chi connectivity index (χ4n) is 3.10. The zero-order valence-corrected chi connectivity index (χ0v) is 16.3. The van der Waals surface area contributed by atoms with Crippen LogP contribution < -0.4 is 4.90 Å². The fraction of sp³-hybridized carbons (Fsp3) is 0.333. The van der Waals surface area contributed by atoms with Crippen molar-refractivity contribution in [3.05, 3.63) is 52.8 Å². The molecule has 0 aliphatic carbocycles. The summed E-state index contributed by atoms with van der Waals surface area (Å²) in [5.74, 6) is -0.404. The van der Waals surface area contributed by atoms with Crippen LogP contribution in [0.25, 0.3) is 11.6 Å². The van der Waals surface area contributed by atoms with E-state index in [4.69, 9.17) is 14.2 Å². The van der Waals surface area contributed by atoms with E-state index in [9.17, 15) is 9.59 Å². The molecule has 1 aromatic carbocycles. The number of nitrogens with zero attached hydrogens (tertiary/aromatic N) is 1. The minimum atomic E-state index is -0.712. The number of hydrogen-bond acceptors (Lipinski definition) is 5. The number of methoxy groups -OCH3 is 1. The molecule has 1 N–H and O–H groups in total. The maximum atomic E-state index is 13.0. The molecule has 3 rings (SSSR count). The molecule has 0 spiro atoms. The lowest BCUT2D eigenvalue weighted by molar-refractivity contribution is -0.112. The summed E-state index contributed by atoms with van der Waals surface area (Å²) in [7, 11) is 1.58. The third kappa shape index (κ3) is 4.16. The highest BCUT2D eigenvalue weighted by Gasteiger charge is 2.37. The quantitative estimate of drug-likeness (QED) is 0.585. The Morgan fingerprint density at radius 2 is 1.89 bits per heavy atom. The Morgan fingerprint density at radius 1 is 1.14 bits per heavy atom. The molecule has 0 fully saturated rings. The first-order valence-corrected chi connectivity index (χ1v) is 9.08. The molecule has 2 heterocycles. The number of H-pyrrole nitrogens is 1. The number of nitrogens with one attached hydrogen (secondary N) is 1. The van der Waals surface area contributed by atoms with E-state index in [1.807, 2.05) is 32.0 Å². The second-order valence-corrected chi connectivity index (χ2v) is 6.48. The Kier molecular flexibility index (Phi) is 6.28. The van der Waals surface area contributed by atoms with Gasteiger partial charge < -0.3 is 19.2 Å². The van der Waals surface area contributed by atoms with E-state index >= 15 is 0 Å². The minimum Gasteiger partial charge on any atom is -0.446 e. The van der Waals surface area contributed by atoms with Gasteiger partial charge in [-0.05, 0) is 37.6 Å². The average molecular weight is 384 g/mol. The summed E-state index contributed by atoms with van der Waals surface area (Å²) in [5.41, 5.74) is 4.56. The maximum Gasteiger partial charge on any atom is 0.421 e. The van der Waals surface area contributed by atoms with Crippen LogP contribution in [0.2, 0.25) is 0 Å². The monoisotopic (exact) mass is 384 g/mol. The molecule has 28 heavy (non-hydrogen) atoms. The molecule has 1 aromatic heterocycles. The fourth-order valence-corrected chi connectivity index (χ4v) is 3.10. The van der Waals surface area contributed by atoms with Crippen LogP contribution in [-0.2, 0) is 19.0 Å². The second kappa shape index (κ2) is 8.86. The number of carbonyl (C=O) groups is 2. The number of hydrogen-bond donors (Lipinski definition) is 1. The predicted octanol–water partition coefficient (Wildman–Crippen LogP) is 3.32. The molecular weight excluding hydrogens is 360 g/mol. The van der Waals surface area contributed by atoms with Crippen LogP contribution in [0.4, 0.5) is 10.5 Å². The van der Waals surface area contributed by atoms with Gasteiger partial charge in [0.15, 0.2) is 0 Å². The normalized spacial score (nSPS) is 14.6. The molecule has 0 atom stereocenters. The highest BCUT2D eigenvalue weighted by Crippen LogP contribution is 2.38. The molecule has 0 saturated carbocycles. The smallest absolute Gasteiger partial charge is 0.421 e. The number of para-hydroxylation sites is 1. The Morgan fingerprint density at radius 3 is 2.61 bits per heavy atom. The summed E-state index contributed by atoms with van der Waals surface area (Å²) in [4.78, 5) is 29.8. The topological polar surface area (TPSA) is 80.9 Å². The number of ether oxygens (including phenoxy) is 3. The van der Waals surface area contributed by atoms with Crippen LogP contribution in [0.5, 0.6) is 0 Å². The van der Waals surface area contributed by atoms with Gasteiger partial charge in [-0.1, -0.05) is 18.2 Å². The zero-order chi connectivity index (χ0) is 20.1. The third-order valence-electron chi connectivity index (χ3n) is 4.41. The molecule has 0 radical (unpaired) electrons. The number of fused-ring (bicyclic) bond motifs is 1. The number of imide groups is 1. The van der Waals surface area contributed by atoms with Gasteiger partial charge >= 0.3 is 6.09 Å². The van der Waals surface area contributed by atoms with Crippen LogP contribution in [-0.4, -0.2) is 50.5 Å². The van der Waals surface area contributed by atoms with Gasteiger partial charge in [0.05, 0.1) is 31.1 Å². The molecule has 0 bridgehead atoms. The lowest BCUT2D eigenvalue weighted by Crippen LogP contribution is -2.34. The van der Waals surface area contributed by atoms with Crippen molar-refractivity contribution in [2.75, 3.05) is 38.4 Å². The SMILES string of the molecule is COCCOCCOC(=O)N1C(=O)C(=Cc2[nH]c(C)cc2C)c2ccccc21. The van der Waals surface area contributed by atoms with Crippen molar-refractivity contribution >= 4 is 29.3 Å². The van der Waals surface area contributed by atoms with Gasteiger partial charge in [-0.15, -0.1) is 0 Å². The number of aryl methyl sites for hydroxylation is 2. The molecule has 0 unspecified atom stereocenters. The highest BCUT2D eigenvalue weighted by molar-refractivity contribution is 6.41. The first-order chi connectivity index (χ1) is 13.5. The van der Waals surface area contributed by atoms with Gasteiger partial charge in [0.25, 0.3) is 5.91 Å². The summed E-state index contributed by atoms with van der Waals surface area (Å²) in [5, 5.41) is 0. The number of carbonyl (C=O) groups excluding carboxylic acids is 2. The van der Waals surface area contributed by atoms with Crippen molar-refractivity contribution in [1.82, 2.24) is 4.98 Å². The summed E-state index contributed by atoms with van der Waals surface area (Å²) in [6.45, 7) is 5.11. The lowest BCUT2D eigenvalue weighted by atomic mass is 10.1. The van der Waals surface area contributed by atoms with Gasteiger partial charge in [0.1, 0.15) is 6.61 Å². The Hall–Kier alpha value is -2.90. The third-order valence-corrected chi connectivity index (χ3v) is 4.41. The minimum absolute atomic E-state index is 0.0580. The molecule has 7 nitrogen and oxygen atoms in total. The van der Waals surface area contributed by atoms with Gasteiger partial charge in [-0.2, -0.15) is 0 Å². The van der Waals surface area contributed by atoms with E-state index in [1.54, 1.807) is 25.3 Å². The largest absolute Gasteiger partial charge is 0.446 e. The molecule has 2 aromatic rings. The standard InChI is InChI=1S/C21H24N2O5/c1-14-12-15(2)22-18(14)13-17-16-6-4-5-7-19(16)23(20(17)24)21(25)28-11-10-27-9-8-26-3/h4-7,12-13,22H,8-11H2,1-3H3. The number of rotatable bonds is 7. The van der Waals surface area contributed by atoms with E-state index in [2.05, 4.69) is 4.98 Å². The van der Waals surface area contributed by atoms with Gasteiger partial charge in [0.2, 0.25) is 0 Å². The first-order valence-electron chi connectivity index (χ1n) is 9.08. The van der Waals surface area contributed by atoms with Crippen molar-refractivity contribution in [2.24, 2.45) is 0 Å². The van der Waals surface area contributed by atoms with Crippen molar-refractivity contribution in [1.29, 1.82) is 0 Å². The van der Waals surface area contributed by atoms with Gasteiger partial charge in [0, 0.05) is 24.1 Å². The van der Waals surface area contributed by atoms with Crippen LogP contribution in [0.15, 0.2) is 30.3 Å². The Balaban J connectivity index is 1.77. The molecule has 7 heteroatoms. The van der Waals surface area contributed by atoms with E-state index in [0.29, 0.717) is 30.0 Å². The summed E-state index contributed by atoms with van der Waals surface area (Å²) >= 11 is 0. The van der Waals surface area contributed by atoms with Gasteiger partial charge in [-0.25, -0.2) is 9.69 Å². The van der Waals surface area contributed by atoms with Crippen molar-refractivity contribution in [3.8, 4) is 0 Å². The Labute approximate surface area is 163 Å². The van der Waals surface area contributed by atoms with E-state index in [-0.39, 0.29) is 13.2 Å². The van der Waals surface area contributed by atoms with Crippen LogP contribution in [0.1, 0.15) is 22.5 Å². The second-order valence-electron chi connectivity index (χ2n) is 6.48. The van der Waals surface area contributed by atoms with Crippen LogP contribution >= 0.6 is 0 Å². The average Bonchev–Trinajstić information content (AvgIpc) is 3.14. The predicted molar refractivity (Wildman–Crippen MR) is 106 cm³/mol. The molecule has 0 saturated heterocycles. The number of anilines is 1. The molecular formula is C21H24N2O5. The van der Waals surface area contributed by atoms with Crippen molar-refractivity contribution in [2.45, 2.75) is 13.8 Å². The number of aromatic amines is 1. The summed E-state index contributed by atoms with van der Waals surface area (Å²) in [6, 6.07) is 9.19. The number of benzene rings is 1. The zero-order valence-electron chi connectivity index (χ0n) is 16.3. The van der Waals surface area contributed by atoms with Gasteiger partial charge in [-0.3, -0.25) is 4.79 Å².